The van der Waals surface area contributed by atoms with Gasteiger partial charge in [0.25, 0.3) is 0 Å². The molecule has 0 aliphatic carbocycles. The first-order valence-electron chi connectivity index (χ1n) is 5.58. The molecule has 1 unspecified atom stereocenters. The molecule has 9 heteroatoms. The molecule has 0 saturated heterocycles. The maximum absolute atomic E-state index is 12.3. The molecule has 0 N–H and O–H groups in total. The molecule has 0 aliphatic rings. The van der Waals surface area contributed by atoms with Crippen LogP contribution in [0.2, 0.25) is 6.04 Å². The SMILES string of the molecule is CO[Si](CCc1ccccc1)(OC(F)F)OC(F)(F)F. The van der Waals surface area contributed by atoms with E-state index in [1.165, 1.54) is 0 Å². The van der Waals surface area contributed by atoms with Crippen LogP contribution >= 0.6 is 0 Å². The lowest BCUT2D eigenvalue weighted by Gasteiger charge is -2.28. The van der Waals surface area contributed by atoms with Gasteiger partial charge in [0.1, 0.15) is 0 Å². The summed E-state index contributed by atoms with van der Waals surface area (Å²) in [6.45, 7) is -3.40. The number of aryl methyl sites for hydroxylation is 1. The van der Waals surface area contributed by atoms with Crippen molar-refractivity contribution in [3.8, 4) is 0 Å². The van der Waals surface area contributed by atoms with Crippen LogP contribution in [0, 0.1) is 0 Å². The molecule has 0 amide bonds. The van der Waals surface area contributed by atoms with E-state index in [0.717, 1.165) is 7.11 Å². The number of rotatable bonds is 7. The van der Waals surface area contributed by atoms with Gasteiger partial charge in [0.15, 0.2) is 0 Å². The fourth-order valence-electron chi connectivity index (χ4n) is 1.58. The van der Waals surface area contributed by atoms with E-state index in [0.29, 0.717) is 5.56 Å². The van der Waals surface area contributed by atoms with Crippen molar-refractivity contribution in [1.82, 2.24) is 0 Å². The maximum Gasteiger partial charge on any atom is 0.516 e. The minimum Gasteiger partial charge on any atom is -0.377 e. The average Bonchev–Trinajstić information content (AvgIpc) is 2.35. The van der Waals surface area contributed by atoms with Gasteiger partial charge in [-0.05, 0) is 12.0 Å². The standard InChI is InChI=1S/C11H13F5O3Si/c1-17-20(18-10(12)13,19-11(14,15)16)8-7-9-5-3-2-4-6-9/h2-6,10H,7-8H2,1H3. The zero-order valence-corrected chi connectivity index (χ0v) is 11.5. The Morgan fingerprint density at radius 1 is 1.15 bits per heavy atom. The molecule has 1 aromatic rings. The van der Waals surface area contributed by atoms with Crippen molar-refractivity contribution < 1.29 is 35.2 Å². The summed E-state index contributed by atoms with van der Waals surface area (Å²) in [5.41, 5.74) is 0.671. The van der Waals surface area contributed by atoms with E-state index < -0.39 is 27.8 Å². The highest BCUT2D eigenvalue weighted by atomic mass is 28.4. The van der Waals surface area contributed by atoms with Crippen LogP contribution in [0.3, 0.4) is 0 Å². The highest BCUT2D eigenvalue weighted by Gasteiger charge is 2.51. The molecular weight excluding hydrogens is 303 g/mol. The zero-order valence-electron chi connectivity index (χ0n) is 10.5. The van der Waals surface area contributed by atoms with Gasteiger partial charge in [-0.25, -0.2) is 0 Å². The Bertz CT molecular complexity index is 401. The summed E-state index contributed by atoms with van der Waals surface area (Å²) in [7, 11) is -3.66. The van der Waals surface area contributed by atoms with Gasteiger partial charge in [-0.3, -0.25) is 4.43 Å². The number of benzene rings is 1. The first-order chi connectivity index (χ1) is 9.26. The van der Waals surface area contributed by atoms with Gasteiger partial charge < -0.3 is 8.85 Å². The van der Waals surface area contributed by atoms with Crippen LogP contribution in [0.5, 0.6) is 0 Å². The van der Waals surface area contributed by atoms with Crippen molar-refractivity contribution in [3.63, 3.8) is 0 Å². The zero-order chi connectivity index (χ0) is 15.2. The van der Waals surface area contributed by atoms with E-state index in [2.05, 4.69) is 13.3 Å². The van der Waals surface area contributed by atoms with Crippen molar-refractivity contribution in [2.24, 2.45) is 0 Å². The Hall–Kier alpha value is -1.03. The molecular formula is C11H13F5O3Si. The predicted octanol–water partition coefficient (Wildman–Crippen LogP) is 3.59. The summed E-state index contributed by atoms with van der Waals surface area (Å²) < 4.78 is 73.9. The lowest BCUT2D eigenvalue weighted by Crippen LogP contribution is -2.50. The Labute approximate surface area is 113 Å². The molecule has 20 heavy (non-hydrogen) atoms. The Balaban J connectivity index is 2.80. The third-order valence-electron chi connectivity index (χ3n) is 2.41. The van der Waals surface area contributed by atoms with Gasteiger partial charge in [0, 0.05) is 13.2 Å². The third-order valence-corrected chi connectivity index (χ3v) is 4.98. The second kappa shape index (κ2) is 7.11. The second-order valence-electron chi connectivity index (χ2n) is 3.80. The van der Waals surface area contributed by atoms with Gasteiger partial charge in [-0.15, -0.1) is 13.2 Å². The van der Waals surface area contributed by atoms with Crippen molar-refractivity contribution in [2.45, 2.75) is 25.4 Å². The molecule has 0 radical (unpaired) electrons. The van der Waals surface area contributed by atoms with Crippen LogP contribution in [0.1, 0.15) is 5.56 Å². The van der Waals surface area contributed by atoms with Gasteiger partial charge >= 0.3 is 21.8 Å². The van der Waals surface area contributed by atoms with Crippen molar-refractivity contribution in [1.29, 1.82) is 0 Å². The lowest BCUT2D eigenvalue weighted by atomic mass is 10.2. The monoisotopic (exact) mass is 316 g/mol. The Morgan fingerprint density at radius 2 is 1.75 bits per heavy atom. The van der Waals surface area contributed by atoms with Crippen LogP contribution in [0.15, 0.2) is 30.3 Å². The molecule has 0 bridgehead atoms. The van der Waals surface area contributed by atoms with E-state index in [1.807, 2.05) is 0 Å². The van der Waals surface area contributed by atoms with Gasteiger partial charge in [-0.1, -0.05) is 30.3 Å². The smallest absolute Gasteiger partial charge is 0.377 e. The van der Waals surface area contributed by atoms with Crippen LogP contribution in [0.25, 0.3) is 0 Å². The quantitative estimate of drug-likeness (QED) is 0.568. The van der Waals surface area contributed by atoms with Crippen LogP contribution in [-0.4, -0.2) is 28.9 Å². The van der Waals surface area contributed by atoms with Crippen molar-refractivity contribution in [3.05, 3.63) is 35.9 Å². The van der Waals surface area contributed by atoms with E-state index in [1.54, 1.807) is 30.3 Å². The normalized spacial score (nSPS) is 15.3. The van der Waals surface area contributed by atoms with Gasteiger partial charge in [0.05, 0.1) is 0 Å². The average molecular weight is 316 g/mol. The minimum absolute atomic E-state index is 0.0731. The van der Waals surface area contributed by atoms with Crippen LogP contribution in [0.4, 0.5) is 22.0 Å². The van der Waals surface area contributed by atoms with Crippen LogP contribution in [-0.2, 0) is 19.7 Å². The Kier molecular flexibility index (Phi) is 6.05. The third kappa shape index (κ3) is 5.95. The second-order valence-corrected chi connectivity index (χ2v) is 6.51. The van der Waals surface area contributed by atoms with Gasteiger partial charge in [-0.2, -0.15) is 8.78 Å². The number of halogens is 5. The topological polar surface area (TPSA) is 27.7 Å². The molecule has 0 spiro atoms. The fraction of sp³-hybridized carbons (Fsp3) is 0.455. The Morgan fingerprint density at radius 3 is 2.20 bits per heavy atom. The molecule has 114 valence electrons. The number of hydrogen-bond acceptors (Lipinski definition) is 3. The molecule has 1 aromatic carbocycles. The largest absolute Gasteiger partial charge is 0.516 e. The van der Waals surface area contributed by atoms with Crippen molar-refractivity contribution in [2.75, 3.05) is 7.11 Å². The predicted molar refractivity (Wildman–Crippen MR) is 61.9 cm³/mol. The molecule has 3 nitrogen and oxygen atoms in total. The summed E-state index contributed by atoms with van der Waals surface area (Å²) in [6, 6.07) is 8.01. The summed E-state index contributed by atoms with van der Waals surface area (Å²) >= 11 is 0. The van der Waals surface area contributed by atoms with E-state index in [4.69, 9.17) is 0 Å². The minimum atomic E-state index is -5.10. The molecule has 0 aliphatic heterocycles. The molecule has 0 saturated carbocycles. The molecule has 1 atom stereocenters. The number of hydrogen-bond donors (Lipinski definition) is 0. The van der Waals surface area contributed by atoms with E-state index in [9.17, 15) is 22.0 Å². The highest BCUT2D eigenvalue weighted by Crippen LogP contribution is 2.29. The van der Waals surface area contributed by atoms with E-state index in [-0.39, 0.29) is 6.42 Å². The highest BCUT2D eigenvalue weighted by molar-refractivity contribution is 6.60. The maximum atomic E-state index is 12.3. The van der Waals surface area contributed by atoms with E-state index >= 15 is 0 Å². The first kappa shape index (κ1) is 17.0. The molecule has 0 aromatic heterocycles. The summed E-state index contributed by atoms with van der Waals surface area (Å²) in [5.74, 6) is 0. The van der Waals surface area contributed by atoms with Gasteiger partial charge in [0.2, 0.25) is 0 Å². The first-order valence-corrected chi connectivity index (χ1v) is 7.51. The van der Waals surface area contributed by atoms with Crippen LogP contribution < -0.4 is 0 Å². The summed E-state index contributed by atoms with van der Waals surface area (Å²) in [5, 5.41) is 0. The lowest BCUT2D eigenvalue weighted by molar-refractivity contribution is -0.302. The molecule has 0 fully saturated rings. The molecule has 0 heterocycles. The number of alkyl halides is 5. The molecule has 1 rings (SSSR count). The van der Waals surface area contributed by atoms with Crippen molar-refractivity contribution >= 4 is 8.80 Å². The fourth-order valence-corrected chi connectivity index (χ4v) is 3.45. The summed E-state index contributed by atoms with van der Waals surface area (Å²) in [4.78, 5) is 0. The summed E-state index contributed by atoms with van der Waals surface area (Å²) in [6.07, 6.45) is -5.03.